The maximum atomic E-state index is 14.5. The molecule has 0 spiro atoms. The third kappa shape index (κ3) is 11.3. The van der Waals surface area contributed by atoms with Crippen LogP contribution in [0.1, 0.15) is 55.1 Å². The largest absolute Gasteiger partial charge is 0.348 e. The zero-order valence-electron chi connectivity index (χ0n) is 47.2. The summed E-state index contributed by atoms with van der Waals surface area (Å²) in [7, 11) is 7.81. The lowest BCUT2D eigenvalue weighted by Crippen LogP contribution is -2.52. The molecule has 20 heteroatoms. The molecule has 1 fully saturated rings. The maximum absolute atomic E-state index is 14.5. The van der Waals surface area contributed by atoms with Gasteiger partial charge in [0.25, 0.3) is 0 Å². The number of nitriles is 1. The molecule has 14 nitrogen and oxygen atoms in total. The normalized spacial score (nSPS) is 16.2. The summed E-state index contributed by atoms with van der Waals surface area (Å²) >= 11 is 18.2. The van der Waals surface area contributed by atoms with Gasteiger partial charge in [-0.25, -0.2) is 19.3 Å². The van der Waals surface area contributed by atoms with Crippen molar-refractivity contribution < 1.29 is 4.39 Å². The number of nitrogens with zero attached hydrogens (tertiary/aromatic N) is 11. The average Bonchev–Trinajstić information content (AvgIpc) is 3.33. The lowest BCUT2D eigenvalue weighted by molar-refractivity contribution is 0.271. The number of piperidine rings is 1. The van der Waals surface area contributed by atoms with Gasteiger partial charge in [-0.3, -0.25) is 14.0 Å². The van der Waals surface area contributed by atoms with Gasteiger partial charge in [0.05, 0.1) is 40.7 Å². The maximum Gasteiger partial charge on any atom is 0.186 e. The zero-order chi connectivity index (χ0) is 58.0. The molecule has 3 N–H and O–H groups in total. The molecule has 0 radical (unpaired) electrons. The smallest absolute Gasteiger partial charge is 0.186 e. The lowest BCUT2D eigenvalue weighted by atomic mass is 9.89. The van der Waals surface area contributed by atoms with E-state index in [4.69, 9.17) is 38.2 Å². The number of halogens is 3. The van der Waals surface area contributed by atoms with Gasteiger partial charge in [0.2, 0.25) is 0 Å². The Morgan fingerprint density at radius 2 is 1.14 bits per heavy atom. The Hall–Kier alpha value is -7.44. The van der Waals surface area contributed by atoms with E-state index in [0.29, 0.717) is 27.2 Å². The van der Waals surface area contributed by atoms with Crippen molar-refractivity contribution in [2.24, 2.45) is 21.1 Å². The van der Waals surface area contributed by atoms with Crippen LogP contribution in [0.5, 0.6) is 0 Å². The summed E-state index contributed by atoms with van der Waals surface area (Å²) in [6.07, 6.45) is 14.4. The highest BCUT2D eigenvalue weighted by Crippen LogP contribution is 2.41. The van der Waals surface area contributed by atoms with E-state index in [1.807, 2.05) is 61.5 Å². The number of fused-ring (bicyclic) bond motifs is 6. The van der Waals surface area contributed by atoms with E-state index in [-0.39, 0.29) is 11.4 Å². The van der Waals surface area contributed by atoms with Crippen LogP contribution in [-0.4, -0.2) is 95.6 Å². The third-order valence-electron chi connectivity index (χ3n) is 15.8. The first-order valence-corrected chi connectivity index (χ1v) is 31.1. The number of thiazole rings is 3. The zero-order valence-corrected chi connectivity index (χ0v) is 51.2. The second kappa shape index (κ2) is 22.9. The van der Waals surface area contributed by atoms with Gasteiger partial charge in [0.15, 0.2) is 10.9 Å². The molecular formula is C64H59Cl2FN14S3. The first-order chi connectivity index (χ1) is 40.6. The van der Waals surface area contributed by atoms with Crippen molar-refractivity contribution in [3.8, 4) is 39.4 Å². The van der Waals surface area contributed by atoms with E-state index in [1.165, 1.54) is 38.4 Å². The Bertz CT molecular complexity index is 4650. The lowest BCUT2D eigenvalue weighted by Gasteiger charge is -2.40. The van der Waals surface area contributed by atoms with E-state index in [1.54, 1.807) is 50.4 Å². The van der Waals surface area contributed by atoms with Gasteiger partial charge in [-0.2, -0.15) is 20.6 Å². The SMILES string of the molecule is CN(c1nc2ccc(-c3ccc4nn(C)cc4c3)cc2s1)C1CCNC(C)(C)C1.Cn1cc2cc(-c3cc(Cl)c4nc(C5=CCNCC5)sc4c3)cc(C#N)c2n1.Cn1cc2cc(-c3cc(Cl)c4nc(C5=CCNCC5)sc4c3)cc(F)c2n1. The first kappa shape index (κ1) is 55.7. The first-order valence-electron chi connectivity index (χ1n) is 27.9. The van der Waals surface area contributed by atoms with Crippen molar-refractivity contribution >= 4 is 137 Å². The van der Waals surface area contributed by atoms with Crippen LogP contribution in [0.25, 0.3) is 108 Å². The van der Waals surface area contributed by atoms with Gasteiger partial charge in [-0.05, 0) is 176 Å². The van der Waals surface area contributed by atoms with E-state index >= 15 is 0 Å². The molecule has 0 bridgehead atoms. The van der Waals surface area contributed by atoms with Crippen LogP contribution in [0.15, 0.2) is 116 Å². The summed E-state index contributed by atoms with van der Waals surface area (Å²) in [4.78, 5) is 16.8. The number of aromatic nitrogens is 9. The molecule has 1 unspecified atom stereocenters. The summed E-state index contributed by atoms with van der Waals surface area (Å²) in [5.74, 6) is -0.329. The Kier molecular flexibility index (Phi) is 15.2. The number of benzene rings is 6. The third-order valence-corrected chi connectivity index (χ3v) is 19.6. The van der Waals surface area contributed by atoms with E-state index in [2.05, 4.69) is 130 Å². The number of hydrogen-bond acceptors (Lipinski definition) is 14. The van der Waals surface area contributed by atoms with Gasteiger partial charge < -0.3 is 20.9 Å². The monoisotopic (exact) mass is 1210 g/mol. The molecule has 3 aliphatic heterocycles. The molecule has 0 aliphatic carbocycles. The fourth-order valence-electron chi connectivity index (χ4n) is 11.5. The van der Waals surface area contributed by atoms with Gasteiger partial charge >= 0.3 is 0 Å². The van der Waals surface area contributed by atoms with Crippen molar-refractivity contribution in [1.29, 1.82) is 5.26 Å². The van der Waals surface area contributed by atoms with Crippen molar-refractivity contribution in [3.63, 3.8) is 0 Å². The van der Waals surface area contributed by atoms with Crippen molar-refractivity contribution in [2.45, 2.75) is 51.1 Å². The Morgan fingerprint density at radius 1 is 0.607 bits per heavy atom. The summed E-state index contributed by atoms with van der Waals surface area (Å²) in [6.45, 7) is 9.33. The molecule has 6 aromatic heterocycles. The minimum atomic E-state index is -0.329. The van der Waals surface area contributed by atoms with Gasteiger partial charge in [0.1, 0.15) is 38.2 Å². The number of aryl methyl sites for hydroxylation is 3. The molecule has 12 aromatic rings. The molecular weight excluding hydrogens is 1150 g/mol. The van der Waals surface area contributed by atoms with Crippen molar-refractivity contribution in [1.82, 2.24) is 60.2 Å². The van der Waals surface area contributed by atoms with E-state index in [0.717, 1.165) is 144 Å². The molecule has 0 saturated carbocycles. The topological polar surface area (TPSA) is 155 Å². The van der Waals surface area contributed by atoms with Gasteiger partial charge in [-0.15, -0.1) is 22.7 Å². The Labute approximate surface area is 506 Å². The standard InChI is InChI=1S/C23H27N5S.C21H16ClN5S.C20H16ClFN4S/c1-23(2)13-18(9-10-24-23)28(4)22-25-20-8-6-16(12-21(20)29-22)15-5-7-19-17(11-15)14-27(3)26-19;1-27-11-16-7-13(6-15(10-23)19(16)26-27)14-8-17(22)20-18(9-14)28-21(25-20)12-2-4-24-5-3-12;1-26-10-14-6-12(8-16(22)18(14)25-26)13-7-15(21)19-17(9-13)27-20(24-19)11-2-4-23-5-3-11/h5-8,11-12,14,18,24H,9-10,13H2,1-4H3;2,6-9,11,24H,3-5H2,1H3;2,6-10,23H,3-5H2,1H3. The van der Waals surface area contributed by atoms with Crippen molar-refractivity contribution in [3.05, 3.63) is 147 Å². The predicted molar refractivity (Wildman–Crippen MR) is 347 cm³/mol. The number of nitrogens with one attached hydrogen (secondary N) is 3. The highest BCUT2D eigenvalue weighted by atomic mass is 35.5. The molecule has 1 atom stereocenters. The summed E-state index contributed by atoms with van der Waals surface area (Å²) < 4.78 is 23.0. The number of hydrogen-bond donors (Lipinski definition) is 3. The molecule has 0 amide bonds. The molecule has 15 rings (SSSR count). The van der Waals surface area contributed by atoms with Gasteiger partial charge in [0, 0.05) is 87.6 Å². The van der Waals surface area contributed by atoms with Crippen LogP contribution in [0.2, 0.25) is 10.0 Å². The Morgan fingerprint density at radius 3 is 1.75 bits per heavy atom. The van der Waals surface area contributed by atoms with Crippen molar-refractivity contribution in [2.75, 3.05) is 44.7 Å². The summed E-state index contributed by atoms with van der Waals surface area (Å²) in [5.41, 5.74) is 14.2. The van der Waals surface area contributed by atoms with Crippen LogP contribution in [-0.2, 0) is 21.1 Å². The minimum absolute atomic E-state index is 0.186. The Balaban J connectivity index is 0.000000118. The summed E-state index contributed by atoms with van der Waals surface area (Å²) in [5, 5.41) is 40.1. The van der Waals surface area contributed by atoms with Gasteiger partial charge in [-0.1, -0.05) is 58.8 Å². The van der Waals surface area contributed by atoms with Crippen LogP contribution in [0.3, 0.4) is 0 Å². The molecule has 1 saturated heterocycles. The van der Waals surface area contributed by atoms with Crippen LogP contribution in [0.4, 0.5) is 9.52 Å². The molecule has 3 aliphatic rings. The fourth-order valence-corrected chi connectivity index (χ4v) is 15.4. The average molecular weight is 1210 g/mol. The highest BCUT2D eigenvalue weighted by molar-refractivity contribution is 7.22. The van der Waals surface area contributed by atoms with E-state index in [9.17, 15) is 9.65 Å². The van der Waals surface area contributed by atoms with Crippen LogP contribution >= 0.6 is 57.2 Å². The second-order valence-electron chi connectivity index (χ2n) is 22.4. The predicted octanol–water partition coefficient (Wildman–Crippen LogP) is 14.6. The number of rotatable bonds is 7. The minimum Gasteiger partial charge on any atom is -0.348 e. The molecule has 9 heterocycles. The number of anilines is 1. The molecule has 84 heavy (non-hydrogen) atoms. The summed E-state index contributed by atoms with van der Waals surface area (Å²) in [6, 6.07) is 31.2. The second-order valence-corrected chi connectivity index (χ2v) is 26.3. The van der Waals surface area contributed by atoms with E-state index < -0.39 is 0 Å². The molecule has 424 valence electrons. The van der Waals surface area contributed by atoms with Crippen LogP contribution < -0.4 is 20.9 Å². The highest BCUT2D eigenvalue weighted by Gasteiger charge is 2.31. The fraction of sp³-hybridized carbons (Fsp3) is 0.266. The molecule has 6 aromatic carbocycles. The van der Waals surface area contributed by atoms with Crippen LogP contribution in [0, 0.1) is 17.1 Å². The quantitative estimate of drug-likeness (QED) is 0.140.